The van der Waals surface area contributed by atoms with E-state index in [9.17, 15) is 4.79 Å². The van der Waals surface area contributed by atoms with Crippen LogP contribution in [0.1, 0.15) is 18.9 Å². The van der Waals surface area contributed by atoms with Gasteiger partial charge in [-0.3, -0.25) is 0 Å². The number of ether oxygens (including phenoxy) is 1. The molecule has 0 aliphatic carbocycles. The summed E-state index contributed by atoms with van der Waals surface area (Å²) in [5.41, 5.74) is 2.50. The van der Waals surface area contributed by atoms with Crippen LogP contribution in [0, 0.1) is 0 Å². The number of benzene rings is 1. The molecule has 0 amide bonds. The van der Waals surface area contributed by atoms with Gasteiger partial charge in [0.25, 0.3) is 0 Å². The zero-order valence-electron chi connectivity index (χ0n) is 10.8. The van der Waals surface area contributed by atoms with Crippen molar-refractivity contribution in [2.45, 2.75) is 20.0 Å². The second-order valence-electron chi connectivity index (χ2n) is 3.90. The standard InChI is InChI=1S/C14H19NO3/c1-3-12(14(16)17)8-9-15-13-6-4-11(5-7-13)10-18-2/h4-8,15H,3,9-10H2,1-2H3,(H,16,17)/b12-8-. The molecule has 0 aliphatic rings. The van der Waals surface area contributed by atoms with Gasteiger partial charge in [0.05, 0.1) is 6.61 Å². The van der Waals surface area contributed by atoms with E-state index in [1.54, 1.807) is 13.2 Å². The highest BCUT2D eigenvalue weighted by Gasteiger charge is 2.02. The summed E-state index contributed by atoms with van der Waals surface area (Å²) in [5, 5.41) is 12.0. The number of nitrogens with one attached hydrogen (secondary N) is 1. The van der Waals surface area contributed by atoms with Crippen molar-refractivity contribution in [2.75, 3.05) is 19.0 Å². The lowest BCUT2D eigenvalue weighted by Crippen LogP contribution is -2.04. The molecule has 0 bridgehead atoms. The van der Waals surface area contributed by atoms with Crippen LogP contribution in [0.25, 0.3) is 0 Å². The van der Waals surface area contributed by atoms with Gasteiger partial charge in [-0.05, 0) is 24.1 Å². The van der Waals surface area contributed by atoms with Gasteiger partial charge in [-0.25, -0.2) is 4.79 Å². The molecule has 0 spiro atoms. The molecule has 0 atom stereocenters. The van der Waals surface area contributed by atoms with Gasteiger partial charge in [0.1, 0.15) is 0 Å². The Labute approximate surface area is 107 Å². The Morgan fingerprint density at radius 3 is 2.56 bits per heavy atom. The van der Waals surface area contributed by atoms with Crippen LogP contribution in [0.3, 0.4) is 0 Å². The molecule has 1 aromatic carbocycles. The average Bonchev–Trinajstić information content (AvgIpc) is 2.36. The molecular formula is C14H19NO3. The first-order valence-corrected chi connectivity index (χ1v) is 5.91. The lowest BCUT2D eigenvalue weighted by molar-refractivity contribution is -0.132. The molecule has 0 saturated carbocycles. The van der Waals surface area contributed by atoms with Gasteiger partial charge in [-0.1, -0.05) is 25.1 Å². The Bertz CT molecular complexity index is 410. The summed E-state index contributed by atoms with van der Waals surface area (Å²) >= 11 is 0. The Balaban J connectivity index is 2.51. The Morgan fingerprint density at radius 1 is 1.39 bits per heavy atom. The first-order valence-electron chi connectivity index (χ1n) is 5.91. The number of carboxylic acid groups (broad SMARTS) is 1. The van der Waals surface area contributed by atoms with Crippen molar-refractivity contribution >= 4 is 11.7 Å². The van der Waals surface area contributed by atoms with Crippen LogP contribution < -0.4 is 5.32 Å². The highest BCUT2D eigenvalue weighted by atomic mass is 16.5. The molecule has 1 rings (SSSR count). The van der Waals surface area contributed by atoms with E-state index in [0.717, 1.165) is 11.3 Å². The molecule has 0 aliphatic heterocycles. The maximum Gasteiger partial charge on any atom is 0.331 e. The van der Waals surface area contributed by atoms with E-state index in [-0.39, 0.29) is 0 Å². The summed E-state index contributed by atoms with van der Waals surface area (Å²) < 4.78 is 5.03. The van der Waals surface area contributed by atoms with Gasteiger partial charge < -0.3 is 15.2 Å². The molecule has 18 heavy (non-hydrogen) atoms. The minimum Gasteiger partial charge on any atom is -0.478 e. The van der Waals surface area contributed by atoms with Crippen molar-refractivity contribution in [1.82, 2.24) is 0 Å². The first kappa shape index (κ1) is 14.3. The predicted molar refractivity (Wildman–Crippen MR) is 71.7 cm³/mol. The largest absolute Gasteiger partial charge is 0.478 e. The fourth-order valence-electron chi connectivity index (χ4n) is 1.56. The van der Waals surface area contributed by atoms with E-state index in [1.807, 2.05) is 31.2 Å². The Kier molecular flexibility index (Phi) is 5.94. The molecule has 1 aromatic rings. The molecule has 0 aromatic heterocycles. The SMILES string of the molecule is CC/C(=C/CNc1ccc(COC)cc1)C(=O)O. The minimum atomic E-state index is -0.852. The fraction of sp³-hybridized carbons (Fsp3) is 0.357. The van der Waals surface area contributed by atoms with Gasteiger partial charge in [-0.2, -0.15) is 0 Å². The monoisotopic (exact) mass is 249 g/mol. The molecule has 98 valence electrons. The molecule has 0 fully saturated rings. The zero-order valence-corrected chi connectivity index (χ0v) is 10.8. The van der Waals surface area contributed by atoms with Crippen molar-refractivity contribution in [2.24, 2.45) is 0 Å². The normalized spacial score (nSPS) is 11.3. The number of carbonyl (C=O) groups is 1. The summed E-state index contributed by atoms with van der Waals surface area (Å²) in [6.07, 6.45) is 2.23. The third-order valence-electron chi connectivity index (χ3n) is 2.58. The van der Waals surface area contributed by atoms with Crippen molar-refractivity contribution in [3.63, 3.8) is 0 Å². The number of aliphatic carboxylic acids is 1. The van der Waals surface area contributed by atoms with Crippen LogP contribution in [-0.2, 0) is 16.1 Å². The third kappa shape index (κ3) is 4.59. The molecular weight excluding hydrogens is 230 g/mol. The summed E-state index contributed by atoms with van der Waals surface area (Å²) in [4.78, 5) is 10.8. The number of anilines is 1. The van der Waals surface area contributed by atoms with E-state index in [1.165, 1.54) is 0 Å². The quantitative estimate of drug-likeness (QED) is 0.729. The topological polar surface area (TPSA) is 58.6 Å². The van der Waals surface area contributed by atoms with Gasteiger partial charge in [0, 0.05) is 24.9 Å². The number of hydrogen-bond acceptors (Lipinski definition) is 3. The van der Waals surface area contributed by atoms with Gasteiger partial charge >= 0.3 is 5.97 Å². The lowest BCUT2D eigenvalue weighted by atomic mass is 10.2. The Morgan fingerprint density at radius 2 is 2.06 bits per heavy atom. The third-order valence-corrected chi connectivity index (χ3v) is 2.58. The maximum absolute atomic E-state index is 10.8. The van der Waals surface area contributed by atoms with Crippen LogP contribution in [0.5, 0.6) is 0 Å². The van der Waals surface area contributed by atoms with Crippen molar-refractivity contribution < 1.29 is 14.6 Å². The molecule has 0 unspecified atom stereocenters. The smallest absolute Gasteiger partial charge is 0.331 e. The summed E-state index contributed by atoms with van der Waals surface area (Å²) in [7, 11) is 1.66. The second-order valence-corrected chi connectivity index (χ2v) is 3.90. The summed E-state index contributed by atoms with van der Waals surface area (Å²) in [5.74, 6) is -0.852. The van der Waals surface area contributed by atoms with E-state index >= 15 is 0 Å². The van der Waals surface area contributed by atoms with Gasteiger partial charge in [-0.15, -0.1) is 0 Å². The van der Waals surface area contributed by atoms with E-state index in [2.05, 4.69) is 5.32 Å². The van der Waals surface area contributed by atoms with Crippen LogP contribution in [-0.4, -0.2) is 24.7 Å². The number of rotatable bonds is 7. The van der Waals surface area contributed by atoms with Gasteiger partial charge in [0.15, 0.2) is 0 Å². The van der Waals surface area contributed by atoms with Crippen LogP contribution in [0.15, 0.2) is 35.9 Å². The number of hydrogen-bond donors (Lipinski definition) is 2. The average molecular weight is 249 g/mol. The van der Waals surface area contributed by atoms with Crippen LogP contribution in [0.2, 0.25) is 0 Å². The predicted octanol–water partition coefficient (Wildman–Crippen LogP) is 2.67. The molecule has 0 radical (unpaired) electrons. The van der Waals surface area contributed by atoms with Crippen LogP contribution >= 0.6 is 0 Å². The molecule has 4 heteroatoms. The van der Waals surface area contributed by atoms with Crippen molar-refractivity contribution in [3.8, 4) is 0 Å². The van der Waals surface area contributed by atoms with E-state index in [0.29, 0.717) is 25.1 Å². The highest BCUT2D eigenvalue weighted by molar-refractivity contribution is 5.86. The number of methoxy groups -OCH3 is 1. The number of carboxylic acids is 1. The zero-order chi connectivity index (χ0) is 13.4. The molecule has 0 saturated heterocycles. The molecule has 0 heterocycles. The van der Waals surface area contributed by atoms with Gasteiger partial charge in [0.2, 0.25) is 0 Å². The van der Waals surface area contributed by atoms with E-state index < -0.39 is 5.97 Å². The van der Waals surface area contributed by atoms with Crippen molar-refractivity contribution in [1.29, 1.82) is 0 Å². The van der Waals surface area contributed by atoms with Crippen LogP contribution in [0.4, 0.5) is 5.69 Å². The first-order chi connectivity index (χ1) is 8.67. The second kappa shape index (κ2) is 7.50. The molecule has 2 N–H and O–H groups in total. The van der Waals surface area contributed by atoms with E-state index in [4.69, 9.17) is 9.84 Å². The maximum atomic E-state index is 10.8. The minimum absolute atomic E-state index is 0.429. The molecule has 4 nitrogen and oxygen atoms in total. The highest BCUT2D eigenvalue weighted by Crippen LogP contribution is 2.10. The lowest BCUT2D eigenvalue weighted by Gasteiger charge is -2.06. The summed E-state index contributed by atoms with van der Waals surface area (Å²) in [6, 6.07) is 7.87. The van der Waals surface area contributed by atoms with Crippen molar-refractivity contribution in [3.05, 3.63) is 41.5 Å². The Hall–Kier alpha value is -1.81. The fourth-order valence-corrected chi connectivity index (χ4v) is 1.56. The summed E-state index contributed by atoms with van der Waals surface area (Å²) in [6.45, 7) is 2.94.